The fourth-order valence-corrected chi connectivity index (χ4v) is 6.16. The van der Waals surface area contributed by atoms with Gasteiger partial charge in [-0.05, 0) is 73.2 Å². The van der Waals surface area contributed by atoms with Crippen molar-refractivity contribution >= 4 is 68.2 Å². The van der Waals surface area contributed by atoms with Crippen LogP contribution >= 0.6 is 46.6 Å². The summed E-state index contributed by atoms with van der Waals surface area (Å²) in [6, 6.07) is 17.7. The predicted octanol–water partition coefficient (Wildman–Crippen LogP) is 6.29. The Hall–Kier alpha value is -2.10. The van der Waals surface area contributed by atoms with Crippen LogP contribution in [0.15, 0.2) is 71.6 Å². The molecular formula is C25H25Cl3N2O4S2. The molecule has 3 aromatic rings. The van der Waals surface area contributed by atoms with Crippen LogP contribution in [0.25, 0.3) is 0 Å². The van der Waals surface area contributed by atoms with Crippen molar-refractivity contribution in [3.05, 3.63) is 87.4 Å². The van der Waals surface area contributed by atoms with Gasteiger partial charge < -0.3 is 10.1 Å². The zero-order valence-electron chi connectivity index (χ0n) is 19.4. The van der Waals surface area contributed by atoms with E-state index in [9.17, 15) is 13.2 Å². The van der Waals surface area contributed by atoms with E-state index in [1.165, 1.54) is 24.3 Å². The van der Waals surface area contributed by atoms with Crippen LogP contribution in [0.2, 0.25) is 15.1 Å². The van der Waals surface area contributed by atoms with Gasteiger partial charge in [-0.1, -0.05) is 40.9 Å². The first kappa shape index (κ1) is 28.5. The third-order valence-electron chi connectivity index (χ3n) is 4.97. The van der Waals surface area contributed by atoms with Gasteiger partial charge in [0.2, 0.25) is 5.91 Å². The van der Waals surface area contributed by atoms with Crippen molar-refractivity contribution < 1.29 is 17.9 Å². The summed E-state index contributed by atoms with van der Waals surface area (Å²) in [6.45, 7) is 2.33. The van der Waals surface area contributed by atoms with E-state index in [1.807, 2.05) is 13.0 Å². The second kappa shape index (κ2) is 13.4. The molecule has 36 heavy (non-hydrogen) atoms. The second-order valence-corrected chi connectivity index (χ2v) is 11.8. The van der Waals surface area contributed by atoms with Gasteiger partial charge in [0.1, 0.15) is 12.3 Å². The first-order chi connectivity index (χ1) is 17.2. The molecule has 0 aliphatic rings. The number of halogens is 3. The highest BCUT2D eigenvalue weighted by Crippen LogP contribution is 2.27. The lowest BCUT2D eigenvalue weighted by atomic mass is 10.2. The number of carbonyl (C=O) groups excluding carboxylic acids is 1. The molecule has 0 saturated carbocycles. The van der Waals surface area contributed by atoms with Crippen molar-refractivity contribution in [3.63, 3.8) is 0 Å². The number of hydrogen-bond donors (Lipinski definition) is 1. The lowest BCUT2D eigenvalue weighted by Crippen LogP contribution is -2.41. The van der Waals surface area contributed by atoms with Gasteiger partial charge in [0.25, 0.3) is 10.0 Å². The van der Waals surface area contributed by atoms with Crippen LogP contribution < -0.4 is 14.4 Å². The third-order valence-corrected chi connectivity index (χ3v) is 8.60. The zero-order valence-corrected chi connectivity index (χ0v) is 23.3. The maximum Gasteiger partial charge on any atom is 0.264 e. The Morgan fingerprint density at radius 1 is 0.972 bits per heavy atom. The van der Waals surface area contributed by atoms with Crippen molar-refractivity contribution in [2.24, 2.45) is 0 Å². The molecule has 0 fully saturated rings. The van der Waals surface area contributed by atoms with Gasteiger partial charge in [-0.15, -0.1) is 0 Å². The largest absolute Gasteiger partial charge is 0.494 e. The Morgan fingerprint density at radius 2 is 1.64 bits per heavy atom. The van der Waals surface area contributed by atoms with Crippen LogP contribution in [-0.4, -0.2) is 39.8 Å². The number of carbonyl (C=O) groups is 1. The molecule has 11 heteroatoms. The van der Waals surface area contributed by atoms with Crippen molar-refractivity contribution in [2.75, 3.05) is 29.8 Å². The monoisotopic (exact) mass is 586 g/mol. The zero-order chi connectivity index (χ0) is 26.1. The number of nitrogens with one attached hydrogen (secondary N) is 1. The van der Waals surface area contributed by atoms with Crippen LogP contribution in [0.1, 0.15) is 12.5 Å². The van der Waals surface area contributed by atoms with Crippen molar-refractivity contribution in [1.29, 1.82) is 0 Å². The molecule has 0 unspecified atom stereocenters. The number of sulfonamides is 1. The summed E-state index contributed by atoms with van der Waals surface area (Å²) in [5.41, 5.74) is 1.29. The molecule has 1 N–H and O–H groups in total. The van der Waals surface area contributed by atoms with Crippen LogP contribution in [0.5, 0.6) is 5.75 Å². The SMILES string of the molecule is CCOc1ccc(N(CC(=O)NCCSCc2ccc(Cl)cc2Cl)S(=O)(=O)c2ccc(Cl)cc2)cc1. The lowest BCUT2D eigenvalue weighted by molar-refractivity contribution is -0.119. The van der Waals surface area contributed by atoms with E-state index < -0.39 is 15.9 Å². The van der Waals surface area contributed by atoms with E-state index in [0.717, 1.165) is 9.87 Å². The molecular weight excluding hydrogens is 563 g/mol. The predicted molar refractivity (Wildman–Crippen MR) is 149 cm³/mol. The molecule has 0 saturated heterocycles. The topological polar surface area (TPSA) is 75.7 Å². The average Bonchev–Trinajstić information content (AvgIpc) is 2.84. The van der Waals surface area contributed by atoms with E-state index >= 15 is 0 Å². The molecule has 0 aromatic heterocycles. The number of nitrogens with zero attached hydrogens (tertiary/aromatic N) is 1. The second-order valence-electron chi connectivity index (χ2n) is 7.53. The summed E-state index contributed by atoms with van der Waals surface area (Å²) >= 11 is 19.6. The van der Waals surface area contributed by atoms with E-state index in [0.29, 0.717) is 51.2 Å². The fourth-order valence-electron chi connectivity index (χ4n) is 3.19. The molecule has 6 nitrogen and oxygen atoms in total. The molecule has 3 aromatic carbocycles. The van der Waals surface area contributed by atoms with Crippen molar-refractivity contribution in [3.8, 4) is 5.75 Å². The first-order valence-corrected chi connectivity index (χ1v) is 14.7. The number of amides is 1. The minimum Gasteiger partial charge on any atom is -0.494 e. The quantitative estimate of drug-likeness (QED) is 0.252. The number of ether oxygens (including phenoxy) is 1. The van der Waals surface area contributed by atoms with Gasteiger partial charge in [-0.3, -0.25) is 9.10 Å². The van der Waals surface area contributed by atoms with Crippen LogP contribution in [0.3, 0.4) is 0 Å². The smallest absolute Gasteiger partial charge is 0.264 e. The minimum absolute atomic E-state index is 0.0315. The molecule has 0 atom stereocenters. The summed E-state index contributed by atoms with van der Waals surface area (Å²) in [4.78, 5) is 12.8. The molecule has 0 bridgehead atoms. The van der Waals surface area contributed by atoms with Gasteiger partial charge in [-0.25, -0.2) is 8.42 Å². The Kier molecular flexibility index (Phi) is 10.6. The maximum absolute atomic E-state index is 13.4. The highest BCUT2D eigenvalue weighted by Gasteiger charge is 2.27. The molecule has 0 aliphatic carbocycles. The molecule has 192 valence electrons. The maximum atomic E-state index is 13.4. The highest BCUT2D eigenvalue weighted by atomic mass is 35.5. The van der Waals surface area contributed by atoms with Crippen molar-refractivity contribution in [1.82, 2.24) is 5.32 Å². The number of thioether (sulfide) groups is 1. The van der Waals surface area contributed by atoms with Crippen LogP contribution in [0.4, 0.5) is 5.69 Å². The minimum atomic E-state index is -4.03. The molecule has 0 heterocycles. The van der Waals surface area contributed by atoms with Gasteiger partial charge in [-0.2, -0.15) is 11.8 Å². The molecule has 3 rings (SSSR count). The van der Waals surface area contributed by atoms with E-state index in [-0.39, 0.29) is 11.4 Å². The fraction of sp³-hybridized carbons (Fsp3) is 0.240. The van der Waals surface area contributed by atoms with Crippen LogP contribution in [0, 0.1) is 0 Å². The molecule has 0 spiro atoms. The Morgan fingerprint density at radius 3 is 2.28 bits per heavy atom. The third kappa shape index (κ3) is 7.95. The van der Waals surface area contributed by atoms with Crippen LogP contribution in [-0.2, 0) is 20.6 Å². The average molecular weight is 588 g/mol. The van der Waals surface area contributed by atoms with Gasteiger partial charge >= 0.3 is 0 Å². The standard InChI is InChI=1S/C25H25Cl3N2O4S2/c1-2-34-22-9-7-21(8-10-22)30(36(32,33)23-11-5-19(26)6-12-23)16-25(31)29-13-14-35-17-18-3-4-20(27)15-24(18)28/h3-12,15H,2,13-14,16-17H2,1H3,(H,29,31). The summed E-state index contributed by atoms with van der Waals surface area (Å²) in [5, 5.41) is 4.38. The summed E-state index contributed by atoms with van der Waals surface area (Å²) in [6.07, 6.45) is 0. The molecule has 0 radical (unpaired) electrons. The molecule has 0 aliphatic heterocycles. The van der Waals surface area contributed by atoms with Gasteiger partial charge in [0.15, 0.2) is 0 Å². The van der Waals surface area contributed by atoms with Gasteiger partial charge in [0.05, 0.1) is 17.2 Å². The summed E-state index contributed by atoms with van der Waals surface area (Å²) in [7, 11) is -4.03. The van der Waals surface area contributed by atoms with E-state index in [4.69, 9.17) is 39.5 Å². The Labute approximate surface area is 230 Å². The van der Waals surface area contributed by atoms with E-state index in [2.05, 4.69) is 5.32 Å². The summed E-state index contributed by atoms with van der Waals surface area (Å²) < 4.78 is 33.4. The lowest BCUT2D eigenvalue weighted by Gasteiger charge is -2.24. The first-order valence-electron chi connectivity index (χ1n) is 11.0. The number of rotatable bonds is 12. The highest BCUT2D eigenvalue weighted by molar-refractivity contribution is 7.98. The van der Waals surface area contributed by atoms with E-state index in [1.54, 1.807) is 48.2 Å². The normalized spacial score (nSPS) is 11.2. The number of anilines is 1. The number of benzene rings is 3. The van der Waals surface area contributed by atoms with Crippen molar-refractivity contribution in [2.45, 2.75) is 17.6 Å². The Balaban J connectivity index is 1.66. The molecule has 1 amide bonds. The number of hydrogen-bond acceptors (Lipinski definition) is 5. The van der Waals surface area contributed by atoms with Gasteiger partial charge in [0, 0.05) is 33.1 Å². The summed E-state index contributed by atoms with van der Waals surface area (Å²) in [5.74, 6) is 1.46. The Bertz CT molecular complexity index is 1270.